The molecule has 2 aromatic carbocycles. The number of benzene rings is 2. The van der Waals surface area contributed by atoms with Crippen molar-refractivity contribution in [3.05, 3.63) is 62.8 Å². The van der Waals surface area contributed by atoms with Gasteiger partial charge < -0.3 is 9.55 Å². The van der Waals surface area contributed by atoms with Crippen LogP contribution in [-0.4, -0.2) is 9.55 Å². The summed E-state index contributed by atoms with van der Waals surface area (Å²) in [6.45, 7) is 0.853. The molecule has 1 N–H and O–H groups in total. The van der Waals surface area contributed by atoms with Gasteiger partial charge >= 0.3 is 0 Å². The predicted octanol–water partition coefficient (Wildman–Crippen LogP) is 5.64. The Morgan fingerprint density at radius 3 is 2.52 bits per heavy atom. The zero-order valence-corrected chi connectivity index (χ0v) is 13.6. The number of hydrogen-bond donors (Lipinski definition) is 1. The molecule has 0 bridgehead atoms. The minimum atomic E-state index is 0.539. The van der Waals surface area contributed by atoms with Crippen LogP contribution in [0.3, 0.4) is 0 Å². The lowest BCUT2D eigenvalue weighted by atomic mass is 10.1. The maximum Gasteiger partial charge on any atom is 0.178 e. The fraction of sp³-hybridized carbons (Fsp3) is 0.188. The van der Waals surface area contributed by atoms with Crippen molar-refractivity contribution in [2.45, 2.75) is 19.4 Å². The summed E-state index contributed by atoms with van der Waals surface area (Å²) < 4.78 is 2.78. The molecule has 0 aliphatic rings. The first-order valence-electron chi connectivity index (χ1n) is 6.76. The van der Waals surface area contributed by atoms with E-state index in [-0.39, 0.29) is 0 Å². The van der Waals surface area contributed by atoms with Crippen molar-refractivity contribution in [1.82, 2.24) is 9.55 Å². The molecule has 3 rings (SSSR count). The Morgan fingerprint density at radius 1 is 1.05 bits per heavy atom. The summed E-state index contributed by atoms with van der Waals surface area (Å²) in [4.78, 5) is 3.18. The lowest BCUT2D eigenvalue weighted by Crippen LogP contribution is -1.99. The number of aryl methyl sites for hydroxylation is 2. The summed E-state index contributed by atoms with van der Waals surface area (Å²) in [5.74, 6) is 0. The molecule has 2 nitrogen and oxygen atoms in total. The highest BCUT2D eigenvalue weighted by Crippen LogP contribution is 2.27. The number of H-pyrrole nitrogens is 1. The van der Waals surface area contributed by atoms with Gasteiger partial charge in [-0.2, -0.15) is 0 Å². The van der Waals surface area contributed by atoms with Crippen LogP contribution >= 0.6 is 35.4 Å². The molecule has 108 valence electrons. The first kappa shape index (κ1) is 14.6. The Bertz CT molecular complexity index is 821. The first-order chi connectivity index (χ1) is 10.1. The van der Waals surface area contributed by atoms with Crippen LogP contribution in [0.25, 0.3) is 11.0 Å². The highest BCUT2D eigenvalue weighted by Gasteiger charge is 2.08. The van der Waals surface area contributed by atoms with E-state index in [2.05, 4.69) is 33.8 Å². The number of halogens is 2. The highest BCUT2D eigenvalue weighted by atomic mass is 35.5. The van der Waals surface area contributed by atoms with Crippen LogP contribution in [0.2, 0.25) is 10.0 Å². The van der Waals surface area contributed by atoms with Gasteiger partial charge in [-0.15, -0.1) is 0 Å². The van der Waals surface area contributed by atoms with Crippen LogP contribution in [0, 0.1) is 4.77 Å². The van der Waals surface area contributed by atoms with Crippen LogP contribution in [0.4, 0.5) is 0 Å². The van der Waals surface area contributed by atoms with E-state index in [1.807, 2.05) is 18.2 Å². The van der Waals surface area contributed by atoms with Crippen molar-refractivity contribution < 1.29 is 0 Å². The van der Waals surface area contributed by atoms with Gasteiger partial charge in [0.1, 0.15) is 0 Å². The Balaban J connectivity index is 1.82. The summed E-state index contributed by atoms with van der Waals surface area (Å²) in [6.07, 6.45) is 2.04. The smallest absolute Gasteiger partial charge is 0.178 e. The summed E-state index contributed by atoms with van der Waals surface area (Å²) in [6, 6.07) is 14.1. The zero-order valence-electron chi connectivity index (χ0n) is 11.3. The molecule has 0 aliphatic heterocycles. The molecule has 0 radical (unpaired) electrons. The number of imidazole rings is 1. The third-order valence-electron chi connectivity index (χ3n) is 3.51. The van der Waals surface area contributed by atoms with E-state index in [9.17, 15) is 0 Å². The third kappa shape index (κ3) is 3.15. The lowest BCUT2D eigenvalue weighted by Gasteiger charge is -2.05. The fourth-order valence-electron chi connectivity index (χ4n) is 2.46. The number of hydrogen-bond acceptors (Lipinski definition) is 1. The number of nitrogens with one attached hydrogen (secondary N) is 1. The maximum absolute atomic E-state index is 6.11. The van der Waals surface area contributed by atoms with Crippen LogP contribution in [-0.2, 0) is 13.0 Å². The van der Waals surface area contributed by atoms with Crippen molar-refractivity contribution in [2.24, 2.45) is 0 Å². The molecule has 0 amide bonds. The van der Waals surface area contributed by atoms with Gasteiger partial charge in [-0.05, 0) is 42.8 Å². The summed E-state index contributed by atoms with van der Waals surface area (Å²) >= 11 is 17.5. The van der Waals surface area contributed by atoms with Gasteiger partial charge in [-0.1, -0.05) is 53.5 Å². The van der Waals surface area contributed by atoms with E-state index in [1.165, 1.54) is 5.56 Å². The zero-order chi connectivity index (χ0) is 14.8. The Hall–Kier alpha value is -1.29. The molecule has 3 aromatic rings. The van der Waals surface area contributed by atoms with Gasteiger partial charge in [-0.25, -0.2) is 0 Å². The Kier molecular flexibility index (Phi) is 4.34. The van der Waals surface area contributed by atoms with Crippen molar-refractivity contribution in [3.63, 3.8) is 0 Å². The number of fused-ring (bicyclic) bond motifs is 1. The Labute approximate surface area is 138 Å². The molecule has 0 unspecified atom stereocenters. The second-order valence-electron chi connectivity index (χ2n) is 4.95. The van der Waals surface area contributed by atoms with Crippen LogP contribution in [0.5, 0.6) is 0 Å². The van der Waals surface area contributed by atoms with E-state index >= 15 is 0 Å². The molecule has 21 heavy (non-hydrogen) atoms. The van der Waals surface area contributed by atoms with Crippen LogP contribution in [0.15, 0.2) is 42.5 Å². The third-order valence-corrected chi connectivity index (χ3v) is 4.55. The maximum atomic E-state index is 6.11. The minimum Gasteiger partial charge on any atom is -0.331 e. The van der Waals surface area contributed by atoms with E-state index in [4.69, 9.17) is 35.4 Å². The predicted molar refractivity (Wildman–Crippen MR) is 91.9 cm³/mol. The number of aromatic nitrogens is 2. The van der Waals surface area contributed by atoms with Gasteiger partial charge in [0, 0.05) is 6.54 Å². The number of nitrogens with zero attached hydrogens (tertiary/aromatic N) is 1. The van der Waals surface area contributed by atoms with Crippen LogP contribution < -0.4 is 0 Å². The van der Waals surface area contributed by atoms with E-state index in [1.54, 1.807) is 0 Å². The molecule has 0 saturated carbocycles. The normalized spacial score (nSPS) is 11.1. The molecule has 0 atom stereocenters. The van der Waals surface area contributed by atoms with Crippen LogP contribution in [0.1, 0.15) is 12.0 Å². The average molecular weight is 337 g/mol. The van der Waals surface area contributed by atoms with E-state index in [0.717, 1.165) is 30.4 Å². The summed E-state index contributed by atoms with van der Waals surface area (Å²) in [7, 11) is 0. The first-order valence-corrected chi connectivity index (χ1v) is 7.93. The van der Waals surface area contributed by atoms with Crippen molar-refractivity contribution >= 4 is 46.5 Å². The topological polar surface area (TPSA) is 20.7 Å². The van der Waals surface area contributed by atoms with Gasteiger partial charge in [0.15, 0.2) is 4.77 Å². The standard InChI is InChI=1S/C16H14Cl2N2S/c17-12-9-14-15(10-13(12)18)20(16(21)19-14)8-4-7-11-5-2-1-3-6-11/h1-3,5-6,9-10H,4,7-8H2,(H,19,21). The molecular weight excluding hydrogens is 323 g/mol. The minimum absolute atomic E-state index is 0.539. The SMILES string of the molecule is S=c1[nH]c2cc(Cl)c(Cl)cc2n1CCCc1ccccc1. The molecule has 1 heterocycles. The van der Waals surface area contributed by atoms with Gasteiger partial charge in [-0.3, -0.25) is 0 Å². The van der Waals surface area contributed by atoms with Gasteiger partial charge in [0.05, 0.1) is 21.1 Å². The highest BCUT2D eigenvalue weighted by molar-refractivity contribution is 7.71. The van der Waals surface area contributed by atoms with Gasteiger partial charge in [0.25, 0.3) is 0 Å². The van der Waals surface area contributed by atoms with Crippen molar-refractivity contribution in [1.29, 1.82) is 0 Å². The number of aromatic amines is 1. The molecular formula is C16H14Cl2N2S. The fourth-order valence-corrected chi connectivity index (χ4v) is 3.08. The number of rotatable bonds is 4. The second-order valence-corrected chi connectivity index (χ2v) is 6.16. The summed E-state index contributed by atoms with van der Waals surface area (Å²) in [5, 5.41) is 1.09. The molecule has 0 saturated heterocycles. The van der Waals surface area contributed by atoms with Gasteiger partial charge in [0.2, 0.25) is 0 Å². The van der Waals surface area contributed by atoms with E-state index in [0.29, 0.717) is 14.8 Å². The molecule has 0 aliphatic carbocycles. The quantitative estimate of drug-likeness (QED) is 0.611. The molecule has 5 heteroatoms. The lowest BCUT2D eigenvalue weighted by molar-refractivity contribution is 0.650. The molecule has 0 fully saturated rings. The molecule has 0 spiro atoms. The Morgan fingerprint density at radius 2 is 1.76 bits per heavy atom. The largest absolute Gasteiger partial charge is 0.331 e. The van der Waals surface area contributed by atoms with Crippen molar-refractivity contribution in [2.75, 3.05) is 0 Å². The van der Waals surface area contributed by atoms with E-state index < -0.39 is 0 Å². The molecule has 1 aromatic heterocycles. The average Bonchev–Trinajstić information content (AvgIpc) is 2.76. The summed E-state index contributed by atoms with van der Waals surface area (Å²) in [5.41, 5.74) is 3.27. The van der Waals surface area contributed by atoms with Crippen molar-refractivity contribution in [3.8, 4) is 0 Å². The second kappa shape index (κ2) is 6.22. The monoisotopic (exact) mass is 336 g/mol.